The van der Waals surface area contributed by atoms with Gasteiger partial charge in [0.15, 0.2) is 5.69 Å². The Morgan fingerprint density at radius 2 is 1.96 bits per heavy atom. The molecule has 2 heterocycles. The smallest absolute Gasteiger partial charge is 0.336 e. The molecule has 0 aliphatic carbocycles. The molecular weight excluding hydrogens is 391 g/mol. The van der Waals surface area contributed by atoms with Gasteiger partial charge in [0.05, 0.1) is 11.3 Å². The van der Waals surface area contributed by atoms with E-state index in [1.54, 1.807) is 0 Å². The van der Waals surface area contributed by atoms with Crippen LogP contribution >= 0.6 is 11.3 Å². The Bertz CT molecular complexity index is 1060. The molecule has 0 radical (unpaired) electrons. The Balaban J connectivity index is 2.05. The maximum absolute atomic E-state index is 13.4. The van der Waals surface area contributed by atoms with Crippen molar-refractivity contribution in [3.63, 3.8) is 0 Å². The van der Waals surface area contributed by atoms with Crippen molar-refractivity contribution in [1.82, 2.24) is 14.7 Å². The van der Waals surface area contributed by atoms with Crippen LogP contribution in [0.4, 0.5) is 13.2 Å². The first kappa shape index (κ1) is 19.8. The van der Waals surface area contributed by atoms with Crippen molar-refractivity contribution in [2.24, 2.45) is 0 Å². The van der Waals surface area contributed by atoms with E-state index in [2.05, 4.69) is 5.10 Å². The van der Waals surface area contributed by atoms with Gasteiger partial charge in [-0.3, -0.25) is 9.59 Å². The second-order valence-electron chi connectivity index (χ2n) is 6.22. The number of rotatable bonds is 4. The fourth-order valence-electron chi connectivity index (χ4n) is 2.75. The van der Waals surface area contributed by atoms with E-state index < -0.39 is 28.8 Å². The first-order chi connectivity index (χ1) is 13.2. The zero-order valence-corrected chi connectivity index (χ0v) is 15.8. The van der Waals surface area contributed by atoms with Crippen LogP contribution in [0.5, 0.6) is 0 Å². The van der Waals surface area contributed by atoms with Crippen molar-refractivity contribution in [2.75, 3.05) is 7.05 Å². The number of halogens is 3. The van der Waals surface area contributed by atoms with Crippen LogP contribution < -0.4 is 5.43 Å². The lowest BCUT2D eigenvalue weighted by Gasteiger charge is -2.19. The van der Waals surface area contributed by atoms with Crippen LogP contribution in [-0.2, 0) is 12.7 Å². The van der Waals surface area contributed by atoms with Gasteiger partial charge < -0.3 is 4.90 Å². The van der Waals surface area contributed by atoms with E-state index in [1.165, 1.54) is 48.4 Å². The van der Waals surface area contributed by atoms with Crippen LogP contribution in [0.25, 0.3) is 5.69 Å². The lowest BCUT2D eigenvalue weighted by molar-refractivity contribution is -0.137. The summed E-state index contributed by atoms with van der Waals surface area (Å²) in [6, 6.07) is 7.84. The molecule has 0 saturated carbocycles. The van der Waals surface area contributed by atoms with E-state index in [9.17, 15) is 22.8 Å². The Morgan fingerprint density at radius 1 is 1.25 bits per heavy atom. The Labute approximate surface area is 162 Å². The van der Waals surface area contributed by atoms with E-state index in [-0.39, 0.29) is 17.9 Å². The molecule has 0 bridgehead atoms. The first-order valence-electron chi connectivity index (χ1n) is 8.22. The first-order valence-corrected chi connectivity index (χ1v) is 9.17. The normalized spacial score (nSPS) is 11.5. The molecule has 2 aromatic heterocycles. The number of hydrogen-bond acceptors (Lipinski definition) is 4. The Kier molecular flexibility index (Phi) is 5.37. The maximum atomic E-state index is 13.4. The van der Waals surface area contributed by atoms with Crippen molar-refractivity contribution in [1.29, 1.82) is 0 Å². The summed E-state index contributed by atoms with van der Waals surface area (Å²) in [6.45, 7) is 1.72. The van der Waals surface area contributed by atoms with Crippen LogP contribution in [0, 0.1) is 6.92 Å². The number of aromatic nitrogens is 2. The zero-order valence-electron chi connectivity index (χ0n) is 15.0. The monoisotopic (exact) mass is 407 g/mol. The van der Waals surface area contributed by atoms with Gasteiger partial charge in [0.1, 0.15) is 0 Å². The number of nitrogens with zero attached hydrogens (tertiary/aromatic N) is 3. The van der Waals surface area contributed by atoms with Gasteiger partial charge in [0, 0.05) is 25.4 Å². The fourth-order valence-corrected chi connectivity index (χ4v) is 3.41. The minimum atomic E-state index is -4.60. The Morgan fingerprint density at radius 3 is 2.61 bits per heavy atom. The molecule has 0 spiro atoms. The third kappa shape index (κ3) is 3.99. The van der Waals surface area contributed by atoms with E-state index in [1.807, 2.05) is 16.8 Å². The average Bonchev–Trinajstić information content (AvgIpc) is 3.13. The van der Waals surface area contributed by atoms with Crippen LogP contribution in [0.1, 0.15) is 27.3 Å². The van der Waals surface area contributed by atoms with Gasteiger partial charge in [0.25, 0.3) is 5.91 Å². The number of amides is 1. The SMILES string of the molecule is Cc1cc(=O)c(C(=O)N(C)Cc2ccsc2)nn1-c1ccccc1C(F)(F)F. The summed E-state index contributed by atoms with van der Waals surface area (Å²) in [6.07, 6.45) is -4.60. The number of carbonyl (C=O) groups is 1. The van der Waals surface area contributed by atoms with Crippen molar-refractivity contribution >= 4 is 17.2 Å². The molecule has 1 aromatic carbocycles. The van der Waals surface area contributed by atoms with Gasteiger partial charge in [-0.1, -0.05) is 12.1 Å². The minimum Gasteiger partial charge on any atom is -0.336 e. The highest BCUT2D eigenvalue weighted by Crippen LogP contribution is 2.33. The van der Waals surface area contributed by atoms with Crippen LogP contribution in [0.3, 0.4) is 0 Å². The molecule has 0 unspecified atom stereocenters. The van der Waals surface area contributed by atoms with Gasteiger partial charge in [0.2, 0.25) is 5.43 Å². The predicted molar refractivity (Wildman–Crippen MR) is 99.7 cm³/mol. The van der Waals surface area contributed by atoms with Gasteiger partial charge >= 0.3 is 6.18 Å². The molecule has 0 aliphatic heterocycles. The van der Waals surface area contributed by atoms with Crippen LogP contribution in [0.2, 0.25) is 0 Å². The molecular formula is C19H16F3N3O2S. The molecule has 0 N–H and O–H groups in total. The second-order valence-corrected chi connectivity index (χ2v) is 7.00. The van der Waals surface area contributed by atoms with E-state index in [0.29, 0.717) is 0 Å². The van der Waals surface area contributed by atoms with Gasteiger partial charge in [-0.05, 0) is 41.4 Å². The fraction of sp³-hybridized carbons (Fsp3) is 0.211. The number of thiophene rings is 1. The summed E-state index contributed by atoms with van der Waals surface area (Å²) in [5, 5.41) is 7.71. The summed E-state index contributed by atoms with van der Waals surface area (Å²) in [4.78, 5) is 26.3. The van der Waals surface area contributed by atoms with Gasteiger partial charge in [-0.25, -0.2) is 4.68 Å². The average molecular weight is 407 g/mol. The van der Waals surface area contributed by atoms with E-state index >= 15 is 0 Å². The standard InChI is InChI=1S/C19H16F3N3O2S/c1-12-9-16(26)17(18(27)24(2)10-13-7-8-28-11-13)23-25(12)15-6-4-3-5-14(15)19(20,21)22/h3-9,11H,10H2,1-2H3. The van der Waals surface area contributed by atoms with Gasteiger partial charge in [-0.15, -0.1) is 0 Å². The maximum Gasteiger partial charge on any atom is 0.418 e. The van der Waals surface area contributed by atoms with Crippen LogP contribution in [-0.4, -0.2) is 27.6 Å². The summed E-state index contributed by atoms with van der Waals surface area (Å²) < 4.78 is 41.1. The molecule has 5 nitrogen and oxygen atoms in total. The summed E-state index contributed by atoms with van der Waals surface area (Å²) in [7, 11) is 1.51. The third-order valence-electron chi connectivity index (χ3n) is 4.09. The molecule has 3 aromatic rings. The predicted octanol–water partition coefficient (Wildman–Crippen LogP) is 3.89. The minimum absolute atomic E-state index is 0.193. The zero-order chi connectivity index (χ0) is 20.5. The molecule has 0 fully saturated rings. The molecule has 0 atom stereocenters. The number of benzene rings is 1. The lowest BCUT2D eigenvalue weighted by atomic mass is 10.1. The van der Waals surface area contributed by atoms with Crippen molar-refractivity contribution in [3.05, 3.63) is 79.9 Å². The molecule has 0 saturated heterocycles. The number of aryl methyl sites for hydroxylation is 1. The summed E-state index contributed by atoms with van der Waals surface area (Å²) in [5.74, 6) is -0.658. The van der Waals surface area contributed by atoms with Gasteiger partial charge in [-0.2, -0.15) is 29.6 Å². The largest absolute Gasteiger partial charge is 0.418 e. The highest BCUT2D eigenvalue weighted by molar-refractivity contribution is 7.07. The topological polar surface area (TPSA) is 55.2 Å². The highest BCUT2D eigenvalue weighted by atomic mass is 32.1. The molecule has 28 heavy (non-hydrogen) atoms. The van der Waals surface area contributed by atoms with Crippen molar-refractivity contribution in [3.8, 4) is 5.69 Å². The van der Waals surface area contributed by atoms with Crippen molar-refractivity contribution < 1.29 is 18.0 Å². The molecule has 146 valence electrons. The quantitative estimate of drug-likeness (QED) is 0.659. The molecule has 3 rings (SSSR count). The number of carbonyl (C=O) groups excluding carboxylic acids is 1. The molecule has 1 amide bonds. The third-order valence-corrected chi connectivity index (χ3v) is 4.83. The van der Waals surface area contributed by atoms with Crippen LogP contribution in [0.15, 0.2) is 52.0 Å². The van der Waals surface area contributed by atoms with E-state index in [0.717, 1.165) is 22.4 Å². The van der Waals surface area contributed by atoms with Crippen molar-refractivity contribution in [2.45, 2.75) is 19.6 Å². The highest BCUT2D eigenvalue weighted by Gasteiger charge is 2.34. The Hall–Kier alpha value is -2.94. The number of alkyl halides is 3. The second kappa shape index (κ2) is 7.59. The lowest BCUT2D eigenvalue weighted by Crippen LogP contribution is -2.33. The molecule has 9 heteroatoms. The number of para-hydroxylation sites is 1. The number of hydrogen-bond donors (Lipinski definition) is 0. The molecule has 0 aliphatic rings. The van der Waals surface area contributed by atoms with E-state index in [4.69, 9.17) is 0 Å². The summed E-state index contributed by atoms with van der Waals surface area (Å²) in [5.41, 5.74) is -1.14. The summed E-state index contributed by atoms with van der Waals surface area (Å²) >= 11 is 1.47.